The molecule has 0 N–H and O–H groups in total. The molecule has 11 heteroatoms. The third kappa shape index (κ3) is 4.89. The van der Waals surface area contributed by atoms with Gasteiger partial charge in [0.25, 0.3) is 17.7 Å². The van der Waals surface area contributed by atoms with Crippen LogP contribution in [0.25, 0.3) is 16.8 Å². The molecule has 4 atom stereocenters. The molecule has 234 valence electrons. The highest BCUT2D eigenvalue weighted by Gasteiger charge is 2.56. The van der Waals surface area contributed by atoms with Crippen LogP contribution >= 0.6 is 0 Å². The molecule has 0 spiro atoms. The molecule has 1 saturated heterocycles. The number of carbonyl (C=O) groups is 3. The molecule has 3 amide bonds. The summed E-state index contributed by atoms with van der Waals surface area (Å²) in [6.45, 7) is -0.342. The zero-order valence-electron chi connectivity index (χ0n) is 25.0. The molecular weight excluding hydrogens is 602 g/mol. The molecule has 4 aliphatic rings. The maximum Gasteiger partial charge on any atom is 0.264 e. The van der Waals surface area contributed by atoms with E-state index in [1.165, 1.54) is 34.3 Å². The van der Waals surface area contributed by atoms with Crippen LogP contribution in [0.5, 0.6) is 0 Å². The van der Waals surface area contributed by atoms with Crippen LogP contribution in [-0.4, -0.2) is 52.1 Å². The topological polar surface area (TPSA) is 98.0 Å². The molecular formula is C36H28F2N6O3. The van der Waals surface area contributed by atoms with Gasteiger partial charge in [-0.3, -0.25) is 19.4 Å². The third-order valence-electron chi connectivity index (χ3n) is 9.34. The molecule has 3 aliphatic heterocycles. The lowest BCUT2D eigenvalue weighted by Crippen LogP contribution is -2.45. The number of rotatable bonds is 5. The first-order valence-electron chi connectivity index (χ1n) is 15.5. The Balaban J connectivity index is 1.10. The van der Waals surface area contributed by atoms with Gasteiger partial charge in [0.05, 0.1) is 17.4 Å². The molecule has 47 heavy (non-hydrogen) atoms. The van der Waals surface area contributed by atoms with E-state index in [1.807, 2.05) is 36.4 Å². The van der Waals surface area contributed by atoms with Crippen molar-refractivity contribution in [2.45, 2.75) is 37.4 Å². The van der Waals surface area contributed by atoms with Gasteiger partial charge in [-0.1, -0.05) is 65.9 Å². The molecule has 3 heterocycles. The standard InChI is InChI=1S/C36H28F2N6O3/c37-25-15-11-21(12-16-25)19-24-7-3-9-28-31(24)40-44(33(28)23-13-17-26(38)18-14-23)30(45)20-42-34-32(39-41-42)35(46)43(36(34)47)29-10-4-6-22-5-1-2-8-27(22)29/h1-2,4-6,8,10-19,28,32-34H,3,7,9,20H2/b24-19+/t28-,32+,33+,34-/m0/s1. The van der Waals surface area contributed by atoms with Crippen LogP contribution < -0.4 is 4.90 Å². The summed E-state index contributed by atoms with van der Waals surface area (Å²) in [7, 11) is 0. The number of nitrogens with zero attached hydrogens (tertiary/aromatic N) is 6. The van der Waals surface area contributed by atoms with E-state index in [0.29, 0.717) is 5.69 Å². The van der Waals surface area contributed by atoms with Gasteiger partial charge < -0.3 is 0 Å². The summed E-state index contributed by atoms with van der Waals surface area (Å²) in [6.07, 6.45) is 4.30. The van der Waals surface area contributed by atoms with E-state index >= 15 is 0 Å². The van der Waals surface area contributed by atoms with Crippen LogP contribution in [0.2, 0.25) is 0 Å². The Hall–Kier alpha value is -5.58. The summed E-state index contributed by atoms with van der Waals surface area (Å²) < 4.78 is 27.5. The summed E-state index contributed by atoms with van der Waals surface area (Å²) in [5.41, 5.74) is 3.69. The van der Waals surface area contributed by atoms with E-state index in [0.717, 1.165) is 57.3 Å². The van der Waals surface area contributed by atoms with Crippen LogP contribution in [0.3, 0.4) is 0 Å². The second kappa shape index (κ2) is 11.3. The van der Waals surface area contributed by atoms with Gasteiger partial charge in [-0.2, -0.15) is 10.2 Å². The number of fused-ring (bicyclic) bond motifs is 3. The molecule has 0 bridgehead atoms. The Morgan fingerprint density at radius 3 is 2.36 bits per heavy atom. The number of halogens is 2. The Morgan fingerprint density at radius 1 is 0.851 bits per heavy atom. The number of imide groups is 1. The zero-order valence-corrected chi connectivity index (χ0v) is 25.0. The Bertz CT molecular complexity index is 2020. The SMILES string of the molecule is O=C1[C@@H]2[C@@H](N=NN2CC(=O)N2N=C3/C(=C/c4ccc(F)cc4)CCC[C@@H]3[C@H]2c2ccc(F)cc2)C(=O)N1c1cccc2ccccc12. The van der Waals surface area contributed by atoms with Crippen molar-refractivity contribution in [2.75, 3.05) is 11.4 Å². The van der Waals surface area contributed by atoms with Gasteiger partial charge in [0.1, 0.15) is 18.2 Å². The average molecular weight is 631 g/mol. The first-order valence-corrected chi connectivity index (χ1v) is 15.5. The van der Waals surface area contributed by atoms with E-state index in [1.54, 1.807) is 36.4 Å². The van der Waals surface area contributed by atoms with Crippen molar-refractivity contribution >= 4 is 46.0 Å². The number of amides is 3. The van der Waals surface area contributed by atoms with Crippen LogP contribution in [-0.2, 0) is 14.4 Å². The summed E-state index contributed by atoms with van der Waals surface area (Å²) in [5.74, 6) is -2.32. The number of hydrazone groups is 1. The van der Waals surface area contributed by atoms with E-state index < -0.39 is 41.7 Å². The predicted octanol–water partition coefficient (Wildman–Crippen LogP) is 6.23. The van der Waals surface area contributed by atoms with Crippen molar-refractivity contribution in [3.63, 3.8) is 0 Å². The number of hydrogen-bond donors (Lipinski definition) is 0. The minimum atomic E-state index is -1.07. The number of carbonyl (C=O) groups excluding carboxylic acids is 3. The van der Waals surface area contributed by atoms with Gasteiger partial charge in [0, 0.05) is 11.3 Å². The number of benzene rings is 4. The van der Waals surface area contributed by atoms with Crippen molar-refractivity contribution < 1.29 is 23.2 Å². The summed E-state index contributed by atoms with van der Waals surface area (Å²) in [5, 5.41) is 17.4. The first kappa shape index (κ1) is 28.9. The lowest BCUT2D eigenvalue weighted by atomic mass is 9.77. The maximum absolute atomic E-state index is 14.1. The van der Waals surface area contributed by atoms with Gasteiger partial charge in [-0.25, -0.2) is 18.7 Å². The molecule has 0 radical (unpaired) electrons. The van der Waals surface area contributed by atoms with Crippen LogP contribution in [0.15, 0.2) is 112 Å². The summed E-state index contributed by atoms with van der Waals surface area (Å²) in [6, 6.07) is 22.5. The first-order chi connectivity index (χ1) is 22.9. The molecule has 0 unspecified atom stereocenters. The smallest absolute Gasteiger partial charge is 0.264 e. The minimum absolute atomic E-state index is 0.158. The molecule has 0 aromatic heterocycles. The van der Waals surface area contributed by atoms with Gasteiger partial charge >= 0.3 is 0 Å². The second-order valence-corrected chi connectivity index (χ2v) is 12.1. The Labute approximate surface area is 268 Å². The molecule has 8 rings (SSSR count). The maximum atomic E-state index is 14.1. The predicted molar refractivity (Wildman–Crippen MR) is 171 cm³/mol. The second-order valence-electron chi connectivity index (χ2n) is 12.1. The van der Waals surface area contributed by atoms with E-state index in [4.69, 9.17) is 5.10 Å². The number of hydrogen-bond acceptors (Lipinski definition) is 7. The van der Waals surface area contributed by atoms with Gasteiger partial charge in [0.2, 0.25) is 0 Å². The fraction of sp³-hybridized carbons (Fsp3) is 0.222. The van der Waals surface area contributed by atoms with E-state index in [9.17, 15) is 23.2 Å². The molecule has 9 nitrogen and oxygen atoms in total. The van der Waals surface area contributed by atoms with Crippen molar-refractivity contribution in [3.05, 3.63) is 119 Å². The van der Waals surface area contributed by atoms with Crippen molar-refractivity contribution in [3.8, 4) is 0 Å². The average Bonchev–Trinajstić information content (AvgIpc) is 3.75. The minimum Gasteiger partial charge on any atom is -0.271 e. The largest absolute Gasteiger partial charge is 0.271 e. The lowest BCUT2D eigenvalue weighted by molar-refractivity contribution is -0.136. The Kier molecular flexibility index (Phi) is 6.96. The lowest BCUT2D eigenvalue weighted by Gasteiger charge is -2.30. The van der Waals surface area contributed by atoms with Crippen LogP contribution in [0.4, 0.5) is 14.5 Å². The third-order valence-corrected chi connectivity index (χ3v) is 9.34. The van der Waals surface area contributed by atoms with E-state index in [-0.39, 0.29) is 18.3 Å². The van der Waals surface area contributed by atoms with E-state index in [2.05, 4.69) is 10.3 Å². The van der Waals surface area contributed by atoms with Gasteiger partial charge in [-0.15, -0.1) is 0 Å². The summed E-state index contributed by atoms with van der Waals surface area (Å²) >= 11 is 0. The zero-order chi connectivity index (χ0) is 32.2. The number of anilines is 1. The molecule has 4 aromatic carbocycles. The monoisotopic (exact) mass is 630 g/mol. The highest BCUT2D eigenvalue weighted by Crippen LogP contribution is 2.45. The number of allylic oxidation sites excluding steroid dienone is 1. The fourth-order valence-corrected chi connectivity index (χ4v) is 7.17. The van der Waals surface area contributed by atoms with Crippen molar-refractivity contribution in [1.82, 2.24) is 10.0 Å². The molecule has 4 aromatic rings. The molecule has 1 aliphatic carbocycles. The van der Waals surface area contributed by atoms with Gasteiger partial charge in [0.15, 0.2) is 12.1 Å². The highest BCUT2D eigenvalue weighted by molar-refractivity contribution is 6.27. The molecule has 2 fully saturated rings. The van der Waals surface area contributed by atoms with Crippen LogP contribution in [0, 0.1) is 17.6 Å². The fourth-order valence-electron chi connectivity index (χ4n) is 7.17. The normalized spacial score (nSPS) is 24.3. The van der Waals surface area contributed by atoms with Gasteiger partial charge in [-0.05, 0) is 77.8 Å². The van der Waals surface area contributed by atoms with Crippen molar-refractivity contribution in [1.29, 1.82) is 0 Å². The summed E-state index contributed by atoms with van der Waals surface area (Å²) in [4.78, 5) is 42.6. The quantitative estimate of drug-likeness (QED) is 0.244. The Morgan fingerprint density at radius 2 is 1.57 bits per heavy atom. The van der Waals surface area contributed by atoms with Crippen LogP contribution in [0.1, 0.15) is 36.4 Å². The highest BCUT2D eigenvalue weighted by atomic mass is 19.1. The molecule has 1 saturated carbocycles. The van der Waals surface area contributed by atoms with Crippen molar-refractivity contribution in [2.24, 2.45) is 21.4 Å².